The fourth-order valence-corrected chi connectivity index (χ4v) is 4.15. The number of nitrogens with zero attached hydrogens (tertiary/aromatic N) is 1. The third-order valence-electron chi connectivity index (χ3n) is 5.79. The number of rotatable bonds is 9. The van der Waals surface area contributed by atoms with Crippen molar-refractivity contribution >= 4 is 17.5 Å². The molecule has 1 heterocycles. The summed E-state index contributed by atoms with van der Waals surface area (Å²) in [5.41, 5.74) is 1.95. The van der Waals surface area contributed by atoms with Gasteiger partial charge in [0.15, 0.2) is 0 Å². The maximum atomic E-state index is 12.6. The number of anilines is 1. The summed E-state index contributed by atoms with van der Waals surface area (Å²) in [6.07, 6.45) is 5.97. The van der Waals surface area contributed by atoms with Crippen LogP contribution >= 0.6 is 0 Å². The van der Waals surface area contributed by atoms with Gasteiger partial charge >= 0.3 is 0 Å². The summed E-state index contributed by atoms with van der Waals surface area (Å²) in [5, 5.41) is 21.8. The minimum Gasteiger partial charge on any atom is -0.494 e. The van der Waals surface area contributed by atoms with E-state index in [1.165, 1.54) is 0 Å². The van der Waals surface area contributed by atoms with Gasteiger partial charge < -0.3 is 25.2 Å². The molecule has 1 saturated carbocycles. The molecular weight excluding hydrogens is 372 g/mol. The lowest BCUT2D eigenvalue weighted by Crippen LogP contribution is -2.44. The Kier molecular flexibility index (Phi) is 7.89. The van der Waals surface area contributed by atoms with E-state index in [-0.39, 0.29) is 30.6 Å². The van der Waals surface area contributed by atoms with Crippen LogP contribution in [0.1, 0.15) is 56.9 Å². The van der Waals surface area contributed by atoms with E-state index in [2.05, 4.69) is 5.32 Å². The van der Waals surface area contributed by atoms with Crippen LogP contribution in [-0.2, 0) is 16.0 Å². The highest BCUT2D eigenvalue weighted by atomic mass is 16.5. The molecule has 160 valence electrons. The number of hydrogen-bond acceptors (Lipinski definition) is 5. The summed E-state index contributed by atoms with van der Waals surface area (Å²) >= 11 is 0. The summed E-state index contributed by atoms with van der Waals surface area (Å²) in [6.45, 7) is 0.864. The largest absolute Gasteiger partial charge is 0.494 e. The maximum absolute atomic E-state index is 12.6. The summed E-state index contributed by atoms with van der Waals surface area (Å²) < 4.78 is 5.81. The third-order valence-corrected chi connectivity index (χ3v) is 5.79. The van der Waals surface area contributed by atoms with E-state index in [9.17, 15) is 19.8 Å². The number of aliphatic hydroxyl groups excluding tert-OH is 2. The van der Waals surface area contributed by atoms with Crippen LogP contribution in [0.2, 0.25) is 0 Å². The molecule has 7 nitrogen and oxygen atoms in total. The van der Waals surface area contributed by atoms with E-state index in [0.29, 0.717) is 26.0 Å². The van der Waals surface area contributed by atoms with Crippen molar-refractivity contribution in [2.24, 2.45) is 0 Å². The van der Waals surface area contributed by atoms with Gasteiger partial charge in [-0.3, -0.25) is 9.59 Å². The summed E-state index contributed by atoms with van der Waals surface area (Å²) in [7, 11) is 0. The molecule has 2 aliphatic rings. The maximum Gasteiger partial charge on any atom is 0.224 e. The molecule has 0 aromatic heterocycles. The monoisotopic (exact) mass is 404 g/mol. The molecule has 1 aliphatic carbocycles. The Balaban J connectivity index is 1.39. The normalized spacial score (nSPS) is 21.2. The second-order valence-corrected chi connectivity index (χ2v) is 7.95. The SMILES string of the molecule is O=C1CCc2cc(OCCCCC(=O)N(CCO)C3CCC(O)CC3)ccc2N1. The molecule has 0 saturated heterocycles. The third kappa shape index (κ3) is 6.18. The van der Waals surface area contributed by atoms with Crippen LogP contribution in [0.15, 0.2) is 18.2 Å². The van der Waals surface area contributed by atoms with Crippen molar-refractivity contribution in [2.75, 3.05) is 25.1 Å². The van der Waals surface area contributed by atoms with Crippen molar-refractivity contribution in [2.45, 2.75) is 69.9 Å². The van der Waals surface area contributed by atoms with E-state index in [1.807, 2.05) is 18.2 Å². The summed E-state index contributed by atoms with van der Waals surface area (Å²) in [4.78, 5) is 25.8. The number of fused-ring (bicyclic) bond motifs is 1. The minimum absolute atomic E-state index is 0.0350. The van der Waals surface area contributed by atoms with Gasteiger partial charge in [0.25, 0.3) is 0 Å². The van der Waals surface area contributed by atoms with E-state index >= 15 is 0 Å². The second kappa shape index (κ2) is 10.6. The zero-order valence-electron chi connectivity index (χ0n) is 16.9. The van der Waals surface area contributed by atoms with Gasteiger partial charge in [-0.05, 0) is 68.7 Å². The zero-order chi connectivity index (χ0) is 20.6. The predicted octanol–water partition coefficient (Wildman–Crippen LogP) is 2.24. The highest BCUT2D eigenvalue weighted by molar-refractivity contribution is 5.94. The Morgan fingerprint density at radius 3 is 2.72 bits per heavy atom. The van der Waals surface area contributed by atoms with Crippen molar-refractivity contribution in [3.05, 3.63) is 23.8 Å². The standard InChI is InChI=1S/C22H32N2O5/c25-13-12-24(17-5-7-18(26)8-6-17)22(28)3-1-2-14-29-19-9-10-20-16(15-19)4-11-21(27)23-20/h9-10,15,17-18,25-26H,1-8,11-14H2,(H,23,27). The minimum atomic E-state index is -0.255. The van der Waals surface area contributed by atoms with Crippen LogP contribution in [0.25, 0.3) is 0 Å². The van der Waals surface area contributed by atoms with Gasteiger partial charge in [0.2, 0.25) is 11.8 Å². The van der Waals surface area contributed by atoms with Gasteiger partial charge in [0.05, 0.1) is 19.3 Å². The Morgan fingerprint density at radius 1 is 1.17 bits per heavy atom. The predicted molar refractivity (Wildman–Crippen MR) is 110 cm³/mol. The molecule has 0 bridgehead atoms. The second-order valence-electron chi connectivity index (χ2n) is 7.95. The fourth-order valence-electron chi connectivity index (χ4n) is 4.15. The van der Waals surface area contributed by atoms with Crippen LogP contribution in [0.3, 0.4) is 0 Å². The van der Waals surface area contributed by atoms with Gasteiger partial charge in [-0.2, -0.15) is 0 Å². The van der Waals surface area contributed by atoms with Gasteiger partial charge in [0, 0.05) is 31.1 Å². The van der Waals surface area contributed by atoms with E-state index < -0.39 is 0 Å². The van der Waals surface area contributed by atoms with Crippen molar-refractivity contribution in [3.8, 4) is 5.75 Å². The summed E-state index contributed by atoms with van der Waals surface area (Å²) in [6, 6.07) is 5.83. The Morgan fingerprint density at radius 2 is 1.97 bits per heavy atom. The number of carbonyl (C=O) groups is 2. The number of hydrogen-bond donors (Lipinski definition) is 3. The number of aliphatic hydroxyl groups is 2. The van der Waals surface area contributed by atoms with Gasteiger partial charge in [-0.1, -0.05) is 0 Å². The molecule has 0 atom stereocenters. The molecule has 1 aliphatic heterocycles. The van der Waals surface area contributed by atoms with Gasteiger partial charge in [-0.15, -0.1) is 0 Å². The Hall–Kier alpha value is -2.12. The molecule has 0 unspecified atom stereocenters. The van der Waals surface area contributed by atoms with Crippen LogP contribution in [0.5, 0.6) is 5.75 Å². The Labute approximate surface area is 172 Å². The Bertz CT molecular complexity index is 700. The molecule has 2 amide bonds. The zero-order valence-corrected chi connectivity index (χ0v) is 16.9. The molecule has 29 heavy (non-hydrogen) atoms. The lowest BCUT2D eigenvalue weighted by atomic mass is 9.91. The average Bonchev–Trinajstić information content (AvgIpc) is 2.72. The number of nitrogens with one attached hydrogen (secondary N) is 1. The first-order valence-electron chi connectivity index (χ1n) is 10.7. The van der Waals surface area contributed by atoms with Crippen molar-refractivity contribution in [1.82, 2.24) is 4.90 Å². The molecule has 3 N–H and O–H groups in total. The molecular formula is C22H32N2O5. The van der Waals surface area contributed by atoms with Crippen molar-refractivity contribution in [1.29, 1.82) is 0 Å². The molecule has 1 fully saturated rings. The number of unbranched alkanes of at least 4 members (excludes halogenated alkanes) is 1. The highest BCUT2D eigenvalue weighted by Crippen LogP contribution is 2.27. The van der Waals surface area contributed by atoms with Crippen LogP contribution < -0.4 is 10.1 Å². The van der Waals surface area contributed by atoms with Gasteiger partial charge in [-0.25, -0.2) is 0 Å². The number of benzene rings is 1. The molecule has 0 spiro atoms. The molecule has 1 aromatic rings. The molecule has 7 heteroatoms. The summed E-state index contributed by atoms with van der Waals surface area (Å²) in [5.74, 6) is 0.911. The molecule has 0 radical (unpaired) electrons. The number of aryl methyl sites for hydroxylation is 1. The first-order valence-corrected chi connectivity index (χ1v) is 10.7. The first kappa shape index (κ1) is 21.6. The van der Waals surface area contributed by atoms with Crippen LogP contribution in [0.4, 0.5) is 5.69 Å². The molecule has 1 aromatic carbocycles. The fraction of sp³-hybridized carbons (Fsp3) is 0.636. The number of ether oxygens (including phenoxy) is 1. The van der Waals surface area contributed by atoms with Crippen LogP contribution in [0, 0.1) is 0 Å². The number of carbonyl (C=O) groups excluding carboxylic acids is 2. The average molecular weight is 405 g/mol. The lowest BCUT2D eigenvalue weighted by molar-refractivity contribution is -0.135. The highest BCUT2D eigenvalue weighted by Gasteiger charge is 2.27. The van der Waals surface area contributed by atoms with Crippen LogP contribution in [-0.4, -0.2) is 58.8 Å². The van der Waals surface area contributed by atoms with Crippen molar-refractivity contribution in [3.63, 3.8) is 0 Å². The quantitative estimate of drug-likeness (QED) is 0.548. The van der Waals surface area contributed by atoms with E-state index in [0.717, 1.165) is 61.9 Å². The van der Waals surface area contributed by atoms with E-state index in [4.69, 9.17) is 4.74 Å². The number of amides is 2. The van der Waals surface area contributed by atoms with Crippen molar-refractivity contribution < 1.29 is 24.5 Å². The molecule has 3 rings (SSSR count). The van der Waals surface area contributed by atoms with E-state index in [1.54, 1.807) is 4.90 Å². The lowest BCUT2D eigenvalue weighted by Gasteiger charge is -2.35. The first-order chi connectivity index (χ1) is 14.1. The van der Waals surface area contributed by atoms with Gasteiger partial charge in [0.1, 0.15) is 5.75 Å². The topological polar surface area (TPSA) is 99.1 Å². The smallest absolute Gasteiger partial charge is 0.224 e.